The van der Waals surface area contributed by atoms with Gasteiger partial charge in [-0.2, -0.15) is 0 Å². The Kier molecular flexibility index (Phi) is 1.69. The maximum atomic E-state index is 11.9. The summed E-state index contributed by atoms with van der Waals surface area (Å²) in [6.07, 6.45) is 3.61. The van der Waals surface area contributed by atoms with Crippen LogP contribution >= 0.6 is 0 Å². The Balaban J connectivity index is 1.57. The fourth-order valence-corrected chi connectivity index (χ4v) is 3.02. The van der Waals surface area contributed by atoms with Gasteiger partial charge in [0.2, 0.25) is 5.91 Å². The zero-order valence-electron chi connectivity index (χ0n) is 8.68. The second-order valence-electron chi connectivity index (χ2n) is 5.42. The lowest BCUT2D eigenvalue weighted by Crippen LogP contribution is -2.52. The number of hydrogen-bond donors (Lipinski definition) is 2. The molecular formula is C11H18N2O. The molecule has 78 valence electrons. The first-order valence-corrected chi connectivity index (χ1v) is 5.72. The van der Waals surface area contributed by atoms with Crippen molar-refractivity contribution < 1.29 is 4.79 Å². The van der Waals surface area contributed by atoms with Gasteiger partial charge in [-0.3, -0.25) is 4.79 Å². The summed E-state index contributed by atoms with van der Waals surface area (Å²) >= 11 is 0. The standard InChI is InChI=1S/C11H18N2O/c1-11(3-2-4-11)13-10(14)9-7-5-12-6-8(7)9/h7-9,12H,2-6H2,1H3,(H,13,14). The van der Waals surface area contributed by atoms with Crippen LogP contribution in [0.2, 0.25) is 0 Å². The number of hydrogen-bond acceptors (Lipinski definition) is 2. The van der Waals surface area contributed by atoms with Crippen LogP contribution in [0.15, 0.2) is 0 Å². The van der Waals surface area contributed by atoms with Crippen LogP contribution in [0.5, 0.6) is 0 Å². The molecule has 0 aromatic rings. The van der Waals surface area contributed by atoms with Gasteiger partial charge >= 0.3 is 0 Å². The first-order chi connectivity index (χ1) is 6.70. The molecule has 2 atom stereocenters. The van der Waals surface area contributed by atoms with Gasteiger partial charge < -0.3 is 10.6 Å². The van der Waals surface area contributed by atoms with Crippen LogP contribution in [0.4, 0.5) is 0 Å². The summed E-state index contributed by atoms with van der Waals surface area (Å²) in [5.41, 5.74) is 0.140. The average molecular weight is 194 g/mol. The Hall–Kier alpha value is -0.570. The summed E-state index contributed by atoms with van der Waals surface area (Å²) in [5.74, 6) is 1.97. The number of carbonyl (C=O) groups is 1. The molecule has 3 rings (SSSR count). The van der Waals surface area contributed by atoms with E-state index in [-0.39, 0.29) is 5.54 Å². The van der Waals surface area contributed by atoms with Crippen LogP contribution in [0, 0.1) is 17.8 Å². The van der Waals surface area contributed by atoms with Crippen molar-refractivity contribution in [2.75, 3.05) is 13.1 Å². The molecule has 0 aromatic heterocycles. The monoisotopic (exact) mass is 194 g/mol. The average Bonchev–Trinajstić information content (AvgIpc) is 2.59. The molecule has 2 N–H and O–H groups in total. The molecule has 3 aliphatic rings. The van der Waals surface area contributed by atoms with Gasteiger partial charge in [-0.05, 0) is 51.1 Å². The molecule has 1 saturated heterocycles. The van der Waals surface area contributed by atoms with E-state index in [1.165, 1.54) is 19.3 Å². The lowest BCUT2D eigenvalue weighted by molar-refractivity contribution is -0.125. The molecule has 0 radical (unpaired) electrons. The van der Waals surface area contributed by atoms with Gasteiger partial charge in [-0.25, -0.2) is 0 Å². The predicted octanol–water partition coefficient (Wildman–Crippen LogP) is 0.511. The summed E-state index contributed by atoms with van der Waals surface area (Å²) in [4.78, 5) is 11.9. The van der Waals surface area contributed by atoms with Gasteiger partial charge in [-0.15, -0.1) is 0 Å². The second-order valence-corrected chi connectivity index (χ2v) is 5.42. The zero-order valence-corrected chi connectivity index (χ0v) is 8.68. The van der Waals surface area contributed by atoms with Crippen LogP contribution in [0.3, 0.4) is 0 Å². The number of fused-ring (bicyclic) bond motifs is 1. The van der Waals surface area contributed by atoms with Crippen molar-refractivity contribution in [1.82, 2.24) is 10.6 Å². The van der Waals surface area contributed by atoms with Crippen molar-refractivity contribution in [2.45, 2.75) is 31.7 Å². The molecule has 2 saturated carbocycles. The molecule has 3 heteroatoms. The second kappa shape index (κ2) is 2.72. The van der Waals surface area contributed by atoms with Crippen molar-refractivity contribution in [3.05, 3.63) is 0 Å². The Morgan fingerprint density at radius 1 is 1.36 bits per heavy atom. The highest BCUT2D eigenvalue weighted by atomic mass is 16.2. The molecule has 0 spiro atoms. The smallest absolute Gasteiger partial charge is 0.224 e. The summed E-state index contributed by atoms with van der Waals surface area (Å²) in [7, 11) is 0. The minimum absolute atomic E-state index is 0.140. The number of nitrogens with one attached hydrogen (secondary N) is 2. The van der Waals surface area contributed by atoms with E-state index < -0.39 is 0 Å². The van der Waals surface area contributed by atoms with E-state index in [1.807, 2.05) is 0 Å². The lowest BCUT2D eigenvalue weighted by Gasteiger charge is -2.39. The van der Waals surface area contributed by atoms with Crippen LogP contribution < -0.4 is 10.6 Å². The van der Waals surface area contributed by atoms with E-state index >= 15 is 0 Å². The first kappa shape index (κ1) is 8.72. The first-order valence-electron chi connectivity index (χ1n) is 5.72. The quantitative estimate of drug-likeness (QED) is 0.672. The molecule has 3 fully saturated rings. The van der Waals surface area contributed by atoms with Crippen LogP contribution in [0.25, 0.3) is 0 Å². The largest absolute Gasteiger partial charge is 0.351 e. The minimum Gasteiger partial charge on any atom is -0.351 e. The SMILES string of the molecule is CC1(NC(=O)C2C3CNCC32)CCC1. The molecule has 3 nitrogen and oxygen atoms in total. The normalized spacial score (nSPS) is 42.5. The van der Waals surface area contributed by atoms with Crippen LogP contribution in [-0.4, -0.2) is 24.5 Å². The highest BCUT2D eigenvalue weighted by molar-refractivity contribution is 5.83. The summed E-state index contributed by atoms with van der Waals surface area (Å²) in [6, 6.07) is 0. The van der Waals surface area contributed by atoms with Crippen molar-refractivity contribution in [1.29, 1.82) is 0 Å². The number of carbonyl (C=O) groups excluding carboxylic acids is 1. The maximum absolute atomic E-state index is 11.9. The van der Waals surface area contributed by atoms with Crippen molar-refractivity contribution in [3.8, 4) is 0 Å². The van der Waals surface area contributed by atoms with Gasteiger partial charge in [0.25, 0.3) is 0 Å². The van der Waals surface area contributed by atoms with Crippen molar-refractivity contribution in [2.24, 2.45) is 17.8 Å². The Bertz CT molecular complexity index is 262. The third-order valence-electron chi connectivity index (χ3n) is 4.28. The van der Waals surface area contributed by atoms with E-state index in [1.54, 1.807) is 0 Å². The molecule has 14 heavy (non-hydrogen) atoms. The molecule has 1 amide bonds. The van der Waals surface area contributed by atoms with Gasteiger partial charge in [-0.1, -0.05) is 0 Å². The van der Waals surface area contributed by atoms with E-state index in [2.05, 4.69) is 17.6 Å². The van der Waals surface area contributed by atoms with Crippen molar-refractivity contribution >= 4 is 5.91 Å². The zero-order chi connectivity index (χ0) is 9.76. The third-order valence-corrected chi connectivity index (χ3v) is 4.28. The lowest BCUT2D eigenvalue weighted by atomic mass is 9.78. The predicted molar refractivity (Wildman–Crippen MR) is 53.7 cm³/mol. The molecule has 2 aliphatic carbocycles. The third kappa shape index (κ3) is 1.18. The van der Waals surface area contributed by atoms with Gasteiger partial charge in [0.1, 0.15) is 0 Å². The fraction of sp³-hybridized carbons (Fsp3) is 0.909. The van der Waals surface area contributed by atoms with Gasteiger partial charge in [0.15, 0.2) is 0 Å². The summed E-state index contributed by atoms with van der Waals surface area (Å²) < 4.78 is 0. The Morgan fingerprint density at radius 3 is 2.50 bits per heavy atom. The van der Waals surface area contributed by atoms with Gasteiger partial charge in [0, 0.05) is 11.5 Å². The molecule has 1 aliphatic heterocycles. The van der Waals surface area contributed by atoms with Gasteiger partial charge in [0.05, 0.1) is 0 Å². The number of rotatable bonds is 2. The Labute approximate surface area is 84.6 Å². The number of amides is 1. The topological polar surface area (TPSA) is 41.1 Å². The van der Waals surface area contributed by atoms with E-state index in [0.29, 0.717) is 23.7 Å². The fourth-order valence-electron chi connectivity index (χ4n) is 3.02. The molecule has 2 unspecified atom stereocenters. The summed E-state index contributed by atoms with van der Waals surface area (Å²) in [5, 5.41) is 6.53. The van der Waals surface area contributed by atoms with E-state index in [4.69, 9.17) is 0 Å². The van der Waals surface area contributed by atoms with E-state index in [9.17, 15) is 4.79 Å². The van der Waals surface area contributed by atoms with Crippen molar-refractivity contribution in [3.63, 3.8) is 0 Å². The highest BCUT2D eigenvalue weighted by Crippen LogP contribution is 2.49. The molecule has 0 bridgehead atoms. The molecule has 1 heterocycles. The highest BCUT2D eigenvalue weighted by Gasteiger charge is 2.57. The maximum Gasteiger partial charge on any atom is 0.224 e. The minimum atomic E-state index is 0.140. The van der Waals surface area contributed by atoms with Crippen LogP contribution in [0.1, 0.15) is 26.2 Å². The summed E-state index contributed by atoms with van der Waals surface area (Å²) in [6.45, 7) is 4.28. The Morgan fingerprint density at radius 2 is 2.00 bits per heavy atom. The van der Waals surface area contributed by atoms with E-state index in [0.717, 1.165) is 13.1 Å². The molecular weight excluding hydrogens is 176 g/mol. The number of piperidine rings is 1. The molecule has 0 aromatic carbocycles. The van der Waals surface area contributed by atoms with Crippen LogP contribution in [-0.2, 0) is 4.79 Å².